The molecule has 0 atom stereocenters. The third-order valence-electron chi connectivity index (χ3n) is 3.69. The van der Waals surface area contributed by atoms with Crippen molar-refractivity contribution in [1.29, 1.82) is 0 Å². The second-order valence-electron chi connectivity index (χ2n) is 6.01. The van der Waals surface area contributed by atoms with Crippen LogP contribution in [0.3, 0.4) is 0 Å². The topological polar surface area (TPSA) is 54.0 Å². The van der Waals surface area contributed by atoms with Crippen molar-refractivity contribution in [3.05, 3.63) is 83.2 Å². The quantitative estimate of drug-likeness (QED) is 0.696. The van der Waals surface area contributed by atoms with E-state index in [0.717, 1.165) is 28.6 Å². The van der Waals surface area contributed by atoms with E-state index < -0.39 is 17.5 Å². The molecule has 1 aromatic heterocycles. The lowest BCUT2D eigenvalue weighted by Gasteiger charge is -2.09. The second-order valence-corrected chi connectivity index (χ2v) is 6.01. The summed E-state index contributed by atoms with van der Waals surface area (Å²) >= 11 is 0. The van der Waals surface area contributed by atoms with Crippen LogP contribution in [0.2, 0.25) is 0 Å². The van der Waals surface area contributed by atoms with Gasteiger partial charge in [0.15, 0.2) is 0 Å². The number of rotatable bonds is 4. The van der Waals surface area contributed by atoms with Crippen LogP contribution < -0.4 is 10.6 Å². The highest BCUT2D eigenvalue weighted by atomic mass is 19.1. The molecule has 0 bridgehead atoms. The van der Waals surface area contributed by atoms with Crippen LogP contribution in [0.25, 0.3) is 0 Å². The number of hydrogen-bond acceptors (Lipinski definition) is 3. The summed E-state index contributed by atoms with van der Waals surface area (Å²) in [5.74, 6) is -2.12. The van der Waals surface area contributed by atoms with Gasteiger partial charge >= 0.3 is 0 Å². The monoisotopic (exact) mass is 353 g/mol. The Morgan fingerprint density at radius 1 is 0.923 bits per heavy atom. The Morgan fingerprint density at radius 2 is 1.65 bits per heavy atom. The van der Waals surface area contributed by atoms with Crippen LogP contribution >= 0.6 is 0 Å². The molecule has 0 spiro atoms. The zero-order valence-corrected chi connectivity index (χ0v) is 14.3. The lowest BCUT2D eigenvalue weighted by atomic mass is 10.1. The molecule has 6 heteroatoms. The van der Waals surface area contributed by atoms with Crippen LogP contribution in [0.4, 0.5) is 25.8 Å². The molecule has 0 fully saturated rings. The molecule has 0 saturated carbocycles. The minimum absolute atomic E-state index is 0.101. The SMILES string of the molecule is Cc1cc(C)cc(Nc2ccc(C(=O)Nc3ccc(F)cc3F)nc2)c1. The minimum atomic E-state index is -0.841. The van der Waals surface area contributed by atoms with Crippen molar-refractivity contribution in [3.63, 3.8) is 0 Å². The molecule has 0 aliphatic rings. The van der Waals surface area contributed by atoms with Crippen molar-refractivity contribution < 1.29 is 13.6 Å². The van der Waals surface area contributed by atoms with Gasteiger partial charge in [-0.1, -0.05) is 6.07 Å². The zero-order chi connectivity index (χ0) is 18.7. The Labute approximate surface area is 149 Å². The molecule has 2 N–H and O–H groups in total. The second kappa shape index (κ2) is 7.31. The first kappa shape index (κ1) is 17.5. The molecule has 0 radical (unpaired) electrons. The van der Waals surface area contributed by atoms with E-state index in [0.29, 0.717) is 6.07 Å². The van der Waals surface area contributed by atoms with Gasteiger partial charge in [-0.25, -0.2) is 13.8 Å². The molecule has 3 rings (SSSR count). The Hall–Kier alpha value is -3.28. The fourth-order valence-corrected chi connectivity index (χ4v) is 2.59. The van der Waals surface area contributed by atoms with Gasteiger partial charge in [0.25, 0.3) is 5.91 Å². The first-order chi connectivity index (χ1) is 12.4. The van der Waals surface area contributed by atoms with Crippen molar-refractivity contribution in [2.75, 3.05) is 10.6 Å². The summed E-state index contributed by atoms with van der Waals surface area (Å²) < 4.78 is 26.5. The maximum absolute atomic E-state index is 13.6. The van der Waals surface area contributed by atoms with Gasteiger partial charge in [-0.05, 0) is 61.4 Å². The maximum atomic E-state index is 13.6. The van der Waals surface area contributed by atoms with Gasteiger partial charge in [0.2, 0.25) is 0 Å². The van der Waals surface area contributed by atoms with Crippen molar-refractivity contribution in [3.8, 4) is 0 Å². The molecule has 0 unspecified atom stereocenters. The maximum Gasteiger partial charge on any atom is 0.274 e. The minimum Gasteiger partial charge on any atom is -0.354 e. The van der Waals surface area contributed by atoms with Crippen molar-refractivity contribution in [2.45, 2.75) is 13.8 Å². The highest BCUT2D eigenvalue weighted by Gasteiger charge is 2.11. The molecule has 1 amide bonds. The fraction of sp³-hybridized carbons (Fsp3) is 0.100. The van der Waals surface area contributed by atoms with E-state index in [1.807, 2.05) is 26.0 Å². The zero-order valence-electron chi connectivity index (χ0n) is 14.3. The Kier molecular flexibility index (Phi) is 4.93. The number of hydrogen-bond donors (Lipinski definition) is 2. The van der Waals surface area contributed by atoms with E-state index >= 15 is 0 Å². The van der Waals surface area contributed by atoms with Crippen molar-refractivity contribution in [1.82, 2.24) is 4.98 Å². The third kappa shape index (κ3) is 4.22. The number of anilines is 3. The number of carbonyl (C=O) groups excluding carboxylic acids is 1. The smallest absolute Gasteiger partial charge is 0.274 e. The molecule has 0 aliphatic carbocycles. The molecule has 2 aromatic carbocycles. The molecule has 1 heterocycles. The average Bonchev–Trinajstić information content (AvgIpc) is 2.57. The van der Waals surface area contributed by atoms with Gasteiger partial charge in [-0.2, -0.15) is 0 Å². The molecule has 132 valence electrons. The number of aromatic nitrogens is 1. The number of halogens is 2. The highest BCUT2D eigenvalue weighted by molar-refractivity contribution is 6.03. The molecule has 26 heavy (non-hydrogen) atoms. The Morgan fingerprint density at radius 3 is 2.27 bits per heavy atom. The third-order valence-corrected chi connectivity index (χ3v) is 3.69. The fourth-order valence-electron chi connectivity index (χ4n) is 2.59. The summed E-state index contributed by atoms with van der Waals surface area (Å²) in [7, 11) is 0. The van der Waals surface area contributed by atoms with E-state index in [1.165, 1.54) is 18.3 Å². The largest absolute Gasteiger partial charge is 0.354 e. The van der Waals surface area contributed by atoms with Crippen LogP contribution in [0.5, 0.6) is 0 Å². The lowest BCUT2D eigenvalue weighted by molar-refractivity contribution is 0.102. The number of benzene rings is 2. The summed E-state index contributed by atoms with van der Waals surface area (Å²) in [6.45, 7) is 4.02. The van der Waals surface area contributed by atoms with Crippen LogP contribution in [0, 0.1) is 25.5 Å². The van der Waals surface area contributed by atoms with Gasteiger partial charge < -0.3 is 10.6 Å². The van der Waals surface area contributed by atoms with Gasteiger partial charge in [0.05, 0.1) is 17.6 Å². The normalized spacial score (nSPS) is 10.5. The van der Waals surface area contributed by atoms with Gasteiger partial charge in [0, 0.05) is 11.8 Å². The number of pyridine rings is 1. The predicted octanol–water partition coefficient (Wildman–Crippen LogP) is 4.97. The Bertz CT molecular complexity index is 936. The summed E-state index contributed by atoms with van der Waals surface area (Å²) in [6.07, 6.45) is 1.52. The molecule has 3 aromatic rings. The van der Waals surface area contributed by atoms with E-state index in [2.05, 4.69) is 21.7 Å². The van der Waals surface area contributed by atoms with E-state index in [-0.39, 0.29) is 11.4 Å². The number of aryl methyl sites for hydroxylation is 2. The van der Waals surface area contributed by atoms with Gasteiger partial charge in [-0.15, -0.1) is 0 Å². The average molecular weight is 353 g/mol. The summed E-state index contributed by atoms with van der Waals surface area (Å²) in [6, 6.07) is 12.3. The van der Waals surface area contributed by atoms with Crippen molar-refractivity contribution in [2.24, 2.45) is 0 Å². The van der Waals surface area contributed by atoms with Crippen molar-refractivity contribution >= 4 is 23.0 Å². The highest BCUT2D eigenvalue weighted by Crippen LogP contribution is 2.20. The van der Waals surface area contributed by atoms with E-state index in [9.17, 15) is 13.6 Å². The van der Waals surface area contributed by atoms with Crippen LogP contribution in [-0.2, 0) is 0 Å². The van der Waals surface area contributed by atoms with Crippen LogP contribution in [-0.4, -0.2) is 10.9 Å². The number of nitrogens with zero attached hydrogens (tertiary/aromatic N) is 1. The molecular formula is C20H17F2N3O. The van der Waals surface area contributed by atoms with Crippen LogP contribution in [0.1, 0.15) is 21.6 Å². The van der Waals surface area contributed by atoms with E-state index in [1.54, 1.807) is 6.07 Å². The summed E-state index contributed by atoms with van der Waals surface area (Å²) in [5, 5.41) is 5.60. The predicted molar refractivity (Wildman–Crippen MR) is 97.7 cm³/mol. The number of nitrogens with one attached hydrogen (secondary N) is 2. The first-order valence-electron chi connectivity index (χ1n) is 7.98. The molecule has 0 aliphatic heterocycles. The van der Waals surface area contributed by atoms with Gasteiger partial charge in [0.1, 0.15) is 17.3 Å². The first-order valence-corrected chi connectivity index (χ1v) is 7.98. The summed E-state index contributed by atoms with van der Waals surface area (Å²) in [5.41, 5.74) is 3.94. The standard InChI is InChI=1S/C20H17F2N3O/c1-12-7-13(2)9-16(8-12)24-15-4-6-19(23-11-15)20(26)25-18-5-3-14(21)10-17(18)22/h3-11,24H,1-2H3,(H,25,26). The molecule has 0 saturated heterocycles. The number of carbonyl (C=O) groups is 1. The summed E-state index contributed by atoms with van der Waals surface area (Å²) in [4.78, 5) is 16.2. The van der Waals surface area contributed by atoms with Crippen LogP contribution in [0.15, 0.2) is 54.7 Å². The number of amides is 1. The molecular weight excluding hydrogens is 336 g/mol. The lowest BCUT2D eigenvalue weighted by Crippen LogP contribution is -2.14. The Balaban J connectivity index is 1.71. The van der Waals surface area contributed by atoms with E-state index in [4.69, 9.17) is 0 Å². The molecule has 4 nitrogen and oxygen atoms in total. The van der Waals surface area contributed by atoms with Gasteiger partial charge in [-0.3, -0.25) is 4.79 Å².